The van der Waals surface area contributed by atoms with Crippen molar-refractivity contribution in [3.8, 4) is 0 Å². The minimum Gasteiger partial charge on any atom is -0.381 e. The van der Waals surface area contributed by atoms with Crippen molar-refractivity contribution in [2.75, 3.05) is 5.32 Å². The molecule has 0 aromatic heterocycles. The third-order valence-corrected chi connectivity index (χ3v) is 3.25. The monoisotopic (exact) mass is 329 g/mol. The number of hydrogen-bond acceptors (Lipinski definition) is 1. The summed E-state index contributed by atoms with van der Waals surface area (Å²) in [4.78, 5) is 0. The van der Waals surface area contributed by atoms with Crippen LogP contribution in [0, 0.1) is 24.4 Å². The Balaban J connectivity index is 2.19. The topological polar surface area (TPSA) is 12.0 Å². The number of anilines is 1. The molecule has 0 aliphatic heterocycles. The average Bonchev–Trinajstić information content (AvgIpc) is 2.36. The standard InChI is InChI=1S/C14H11BrF3N/c1-8-2-3-10(15)5-14(8)19-7-9-4-12(17)13(18)6-11(9)16/h2-6,19H,7H2,1H3. The van der Waals surface area contributed by atoms with Crippen LogP contribution in [-0.4, -0.2) is 0 Å². The fourth-order valence-corrected chi connectivity index (χ4v) is 2.04. The van der Waals surface area contributed by atoms with E-state index in [1.54, 1.807) is 0 Å². The summed E-state index contributed by atoms with van der Waals surface area (Å²) in [6.45, 7) is 1.98. The van der Waals surface area contributed by atoms with Gasteiger partial charge in [0.1, 0.15) is 5.82 Å². The maximum absolute atomic E-state index is 13.5. The van der Waals surface area contributed by atoms with E-state index in [2.05, 4.69) is 21.2 Å². The average molecular weight is 330 g/mol. The van der Waals surface area contributed by atoms with Gasteiger partial charge in [0.15, 0.2) is 11.6 Å². The predicted octanol–water partition coefficient (Wildman–Crippen LogP) is 4.79. The molecule has 100 valence electrons. The van der Waals surface area contributed by atoms with E-state index in [0.717, 1.165) is 21.8 Å². The maximum atomic E-state index is 13.5. The Kier molecular flexibility index (Phi) is 4.14. The van der Waals surface area contributed by atoms with Crippen LogP contribution in [0.15, 0.2) is 34.8 Å². The molecule has 0 saturated carbocycles. The largest absolute Gasteiger partial charge is 0.381 e. The second-order valence-corrected chi connectivity index (χ2v) is 5.09. The fourth-order valence-electron chi connectivity index (χ4n) is 1.67. The van der Waals surface area contributed by atoms with Crippen molar-refractivity contribution in [2.45, 2.75) is 13.5 Å². The van der Waals surface area contributed by atoms with Crippen molar-refractivity contribution in [3.63, 3.8) is 0 Å². The SMILES string of the molecule is Cc1ccc(Br)cc1NCc1cc(F)c(F)cc1F. The number of nitrogens with one attached hydrogen (secondary N) is 1. The molecule has 1 N–H and O–H groups in total. The molecule has 1 nitrogen and oxygen atoms in total. The second kappa shape index (κ2) is 5.65. The number of hydrogen-bond donors (Lipinski definition) is 1. The Morgan fingerprint density at radius 1 is 1.00 bits per heavy atom. The molecule has 0 aliphatic carbocycles. The first-order chi connectivity index (χ1) is 8.97. The van der Waals surface area contributed by atoms with Gasteiger partial charge in [-0.2, -0.15) is 0 Å². The molecule has 0 amide bonds. The van der Waals surface area contributed by atoms with Gasteiger partial charge in [-0.1, -0.05) is 22.0 Å². The van der Waals surface area contributed by atoms with Crippen LogP contribution in [0.5, 0.6) is 0 Å². The molecule has 2 aromatic rings. The first-order valence-corrected chi connectivity index (χ1v) is 6.40. The van der Waals surface area contributed by atoms with Gasteiger partial charge >= 0.3 is 0 Å². The molecule has 0 fully saturated rings. The van der Waals surface area contributed by atoms with E-state index < -0.39 is 17.5 Å². The number of aryl methyl sites for hydroxylation is 1. The van der Waals surface area contributed by atoms with E-state index in [1.807, 2.05) is 25.1 Å². The molecule has 0 unspecified atom stereocenters. The Hall–Kier alpha value is -1.49. The van der Waals surface area contributed by atoms with Crippen molar-refractivity contribution in [2.24, 2.45) is 0 Å². The zero-order valence-electron chi connectivity index (χ0n) is 10.1. The molecule has 2 rings (SSSR count). The summed E-state index contributed by atoms with van der Waals surface area (Å²) in [5.74, 6) is -3.00. The highest BCUT2D eigenvalue weighted by Crippen LogP contribution is 2.22. The van der Waals surface area contributed by atoms with Gasteiger partial charge in [0.2, 0.25) is 0 Å². The lowest BCUT2D eigenvalue weighted by atomic mass is 10.1. The first-order valence-electron chi connectivity index (χ1n) is 5.61. The van der Waals surface area contributed by atoms with E-state index in [0.29, 0.717) is 6.07 Å². The van der Waals surface area contributed by atoms with Crippen LogP contribution in [0.25, 0.3) is 0 Å². The Bertz CT molecular complexity index is 614. The Morgan fingerprint density at radius 2 is 1.68 bits per heavy atom. The van der Waals surface area contributed by atoms with E-state index in [9.17, 15) is 13.2 Å². The van der Waals surface area contributed by atoms with Crippen LogP contribution in [0.3, 0.4) is 0 Å². The van der Waals surface area contributed by atoms with Crippen LogP contribution < -0.4 is 5.32 Å². The van der Waals surface area contributed by atoms with Gasteiger partial charge in [-0.25, -0.2) is 13.2 Å². The van der Waals surface area contributed by atoms with Gasteiger partial charge in [0.05, 0.1) is 0 Å². The molecule has 0 aliphatic rings. The van der Waals surface area contributed by atoms with Crippen LogP contribution in [0.4, 0.5) is 18.9 Å². The van der Waals surface area contributed by atoms with Gasteiger partial charge in [-0.15, -0.1) is 0 Å². The maximum Gasteiger partial charge on any atom is 0.161 e. The molecule has 2 aromatic carbocycles. The predicted molar refractivity (Wildman–Crippen MR) is 72.5 cm³/mol. The van der Waals surface area contributed by atoms with Crippen LogP contribution in [-0.2, 0) is 6.54 Å². The van der Waals surface area contributed by atoms with E-state index in [1.165, 1.54) is 0 Å². The molecule has 19 heavy (non-hydrogen) atoms. The second-order valence-electron chi connectivity index (χ2n) is 4.17. The van der Waals surface area contributed by atoms with Gasteiger partial charge in [-0.3, -0.25) is 0 Å². The third kappa shape index (κ3) is 3.29. The van der Waals surface area contributed by atoms with Crippen LogP contribution in [0.2, 0.25) is 0 Å². The molecular formula is C14H11BrF3N. The van der Waals surface area contributed by atoms with Crippen LogP contribution in [0.1, 0.15) is 11.1 Å². The summed E-state index contributed by atoms with van der Waals surface area (Å²) in [6, 6.07) is 7.05. The highest BCUT2D eigenvalue weighted by atomic mass is 79.9. The molecule has 0 heterocycles. The number of benzene rings is 2. The number of rotatable bonds is 3. The summed E-state index contributed by atoms with van der Waals surface area (Å²) in [5, 5.41) is 3.00. The third-order valence-electron chi connectivity index (χ3n) is 2.76. The first kappa shape index (κ1) is 13.9. The van der Waals surface area contributed by atoms with Gasteiger partial charge in [0.25, 0.3) is 0 Å². The van der Waals surface area contributed by atoms with Crippen molar-refractivity contribution in [1.29, 1.82) is 0 Å². The quantitative estimate of drug-likeness (QED) is 0.798. The van der Waals surface area contributed by atoms with E-state index >= 15 is 0 Å². The summed E-state index contributed by atoms with van der Waals surface area (Å²) in [5.41, 5.74) is 1.86. The van der Waals surface area contributed by atoms with Crippen LogP contribution >= 0.6 is 15.9 Å². The Labute approximate surface area is 117 Å². The van der Waals surface area contributed by atoms with Crippen molar-refractivity contribution in [1.82, 2.24) is 0 Å². The van der Waals surface area contributed by atoms with Crippen molar-refractivity contribution >= 4 is 21.6 Å². The molecule has 0 spiro atoms. The van der Waals surface area contributed by atoms with E-state index in [4.69, 9.17) is 0 Å². The molecule has 0 radical (unpaired) electrons. The zero-order chi connectivity index (χ0) is 14.0. The lowest BCUT2D eigenvalue weighted by Gasteiger charge is -2.11. The molecule has 0 saturated heterocycles. The molecule has 5 heteroatoms. The van der Waals surface area contributed by atoms with E-state index in [-0.39, 0.29) is 12.1 Å². The number of halogens is 4. The molecule has 0 bridgehead atoms. The van der Waals surface area contributed by atoms with Crippen molar-refractivity contribution in [3.05, 3.63) is 63.4 Å². The molecular weight excluding hydrogens is 319 g/mol. The zero-order valence-corrected chi connectivity index (χ0v) is 11.7. The van der Waals surface area contributed by atoms with Gasteiger partial charge in [-0.05, 0) is 30.7 Å². The summed E-state index contributed by atoms with van der Waals surface area (Å²) >= 11 is 3.33. The summed E-state index contributed by atoms with van der Waals surface area (Å²) < 4.78 is 40.2. The minimum atomic E-state index is -1.18. The smallest absolute Gasteiger partial charge is 0.161 e. The van der Waals surface area contributed by atoms with Gasteiger partial charge < -0.3 is 5.32 Å². The molecule has 0 atom stereocenters. The lowest BCUT2D eigenvalue weighted by Crippen LogP contribution is -2.04. The Morgan fingerprint density at radius 3 is 2.42 bits per heavy atom. The van der Waals surface area contributed by atoms with Crippen molar-refractivity contribution < 1.29 is 13.2 Å². The highest BCUT2D eigenvalue weighted by Gasteiger charge is 2.10. The lowest BCUT2D eigenvalue weighted by molar-refractivity contribution is 0.490. The highest BCUT2D eigenvalue weighted by molar-refractivity contribution is 9.10. The summed E-state index contributed by atoms with van der Waals surface area (Å²) in [7, 11) is 0. The normalized spacial score (nSPS) is 10.6. The minimum absolute atomic E-state index is 0.0817. The van der Waals surface area contributed by atoms with Gasteiger partial charge in [0, 0.05) is 28.3 Å². The fraction of sp³-hybridized carbons (Fsp3) is 0.143. The summed E-state index contributed by atoms with van der Waals surface area (Å²) in [6.07, 6.45) is 0.